The molecule has 7 nitrogen and oxygen atoms in total. The molecule has 0 aliphatic carbocycles. The first kappa shape index (κ1) is 18.8. The van der Waals surface area contributed by atoms with Crippen molar-refractivity contribution in [1.82, 2.24) is 10.5 Å². The number of benzene rings is 1. The van der Waals surface area contributed by atoms with Gasteiger partial charge >= 0.3 is 0 Å². The minimum Gasteiger partial charge on any atom is -0.493 e. The van der Waals surface area contributed by atoms with E-state index < -0.39 is 6.04 Å². The van der Waals surface area contributed by atoms with Gasteiger partial charge in [0.15, 0.2) is 17.3 Å². The molecule has 0 saturated heterocycles. The molecule has 25 heavy (non-hydrogen) atoms. The van der Waals surface area contributed by atoms with Crippen molar-refractivity contribution in [3.8, 4) is 11.5 Å². The number of hydrogen-bond donors (Lipinski definition) is 2. The zero-order valence-electron chi connectivity index (χ0n) is 15.3. The number of amides is 1. The maximum atomic E-state index is 12.3. The van der Waals surface area contributed by atoms with Crippen LogP contribution in [0.3, 0.4) is 0 Å². The van der Waals surface area contributed by atoms with Gasteiger partial charge in [-0.05, 0) is 45.4 Å². The first-order chi connectivity index (χ1) is 11.9. The van der Waals surface area contributed by atoms with Crippen LogP contribution >= 0.6 is 0 Å². The smallest absolute Gasteiger partial charge is 0.242 e. The first-order valence-corrected chi connectivity index (χ1v) is 8.25. The van der Waals surface area contributed by atoms with Crippen LogP contribution in [0.15, 0.2) is 28.8 Å². The Morgan fingerprint density at radius 2 is 2.04 bits per heavy atom. The van der Waals surface area contributed by atoms with Crippen molar-refractivity contribution in [2.24, 2.45) is 0 Å². The van der Waals surface area contributed by atoms with Crippen molar-refractivity contribution < 1.29 is 18.8 Å². The largest absolute Gasteiger partial charge is 0.493 e. The lowest BCUT2D eigenvalue weighted by atomic mass is 10.1. The Bertz CT molecular complexity index is 714. The lowest BCUT2D eigenvalue weighted by molar-refractivity contribution is -0.118. The van der Waals surface area contributed by atoms with E-state index in [1.54, 1.807) is 27.0 Å². The second-order valence-corrected chi connectivity index (χ2v) is 5.77. The highest BCUT2D eigenvalue weighted by Crippen LogP contribution is 2.30. The molecule has 1 heterocycles. The Morgan fingerprint density at radius 1 is 1.28 bits per heavy atom. The third-order valence-corrected chi connectivity index (χ3v) is 3.76. The van der Waals surface area contributed by atoms with Crippen LogP contribution in [0.25, 0.3) is 0 Å². The molecule has 0 bridgehead atoms. The molecular formula is C18H25N3O4. The van der Waals surface area contributed by atoms with Crippen LogP contribution in [-0.2, 0) is 4.79 Å². The van der Waals surface area contributed by atoms with E-state index >= 15 is 0 Å². The van der Waals surface area contributed by atoms with Crippen LogP contribution in [0.4, 0.5) is 5.82 Å². The monoisotopic (exact) mass is 347 g/mol. The predicted molar refractivity (Wildman–Crippen MR) is 95.0 cm³/mol. The Labute approximate surface area is 147 Å². The molecule has 2 atom stereocenters. The Balaban J connectivity index is 2.00. The standard InChI is InChI=1S/C18H25N3O4/c1-6-24-15-8-7-14(10-16(15)23-5)12(3)19-13(4)18(22)20-17-9-11(2)25-21-17/h7-10,12-13,19H,6H2,1-5H3,(H,20,21,22)/t12-,13+/m0/s1. The van der Waals surface area contributed by atoms with Crippen LogP contribution in [0.1, 0.15) is 38.1 Å². The number of methoxy groups -OCH3 is 1. The maximum absolute atomic E-state index is 12.3. The van der Waals surface area contributed by atoms with E-state index in [9.17, 15) is 4.79 Å². The molecule has 0 saturated carbocycles. The van der Waals surface area contributed by atoms with Gasteiger partial charge in [-0.25, -0.2) is 0 Å². The summed E-state index contributed by atoms with van der Waals surface area (Å²) in [5.74, 6) is 2.24. The molecule has 7 heteroatoms. The number of hydrogen-bond acceptors (Lipinski definition) is 6. The number of ether oxygens (including phenoxy) is 2. The van der Waals surface area contributed by atoms with Crippen molar-refractivity contribution >= 4 is 11.7 Å². The van der Waals surface area contributed by atoms with Crippen LogP contribution in [0.5, 0.6) is 11.5 Å². The fourth-order valence-corrected chi connectivity index (χ4v) is 2.43. The summed E-state index contributed by atoms with van der Waals surface area (Å²) in [5, 5.41) is 9.74. The van der Waals surface area contributed by atoms with Crippen molar-refractivity contribution in [3.63, 3.8) is 0 Å². The van der Waals surface area contributed by atoms with Gasteiger partial charge in [-0.3, -0.25) is 10.1 Å². The number of carbonyl (C=O) groups excluding carboxylic acids is 1. The predicted octanol–water partition coefficient (Wildman–Crippen LogP) is 3.07. The lowest BCUT2D eigenvalue weighted by Crippen LogP contribution is -2.39. The van der Waals surface area contributed by atoms with E-state index in [1.807, 2.05) is 32.0 Å². The van der Waals surface area contributed by atoms with E-state index in [4.69, 9.17) is 14.0 Å². The summed E-state index contributed by atoms with van der Waals surface area (Å²) in [6.07, 6.45) is 0. The van der Waals surface area contributed by atoms with Crippen LogP contribution in [0, 0.1) is 6.92 Å². The van der Waals surface area contributed by atoms with E-state index in [1.165, 1.54) is 0 Å². The summed E-state index contributed by atoms with van der Waals surface area (Å²) >= 11 is 0. The average Bonchev–Trinajstić information content (AvgIpc) is 3.00. The quantitative estimate of drug-likeness (QED) is 0.763. The van der Waals surface area contributed by atoms with Gasteiger partial charge in [0.2, 0.25) is 5.91 Å². The molecule has 0 aliphatic rings. The molecule has 2 N–H and O–H groups in total. The molecule has 1 amide bonds. The van der Waals surface area contributed by atoms with Crippen LogP contribution < -0.4 is 20.1 Å². The lowest BCUT2D eigenvalue weighted by Gasteiger charge is -2.20. The van der Waals surface area contributed by atoms with Crippen LogP contribution in [-0.4, -0.2) is 30.8 Å². The summed E-state index contributed by atoms with van der Waals surface area (Å²) in [4.78, 5) is 12.3. The minimum atomic E-state index is -0.412. The Hall–Kier alpha value is -2.54. The molecule has 0 unspecified atom stereocenters. The van der Waals surface area contributed by atoms with E-state index in [2.05, 4.69) is 15.8 Å². The second-order valence-electron chi connectivity index (χ2n) is 5.77. The average molecular weight is 347 g/mol. The van der Waals surface area contributed by atoms with E-state index in [-0.39, 0.29) is 11.9 Å². The number of anilines is 1. The fraction of sp³-hybridized carbons (Fsp3) is 0.444. The number of aromatic nitrogens is 1. The fourth-order valence-electron chi connectivity index (χ4n) is 2.43. The van der Waals surface area contributed by atoms with Gasteiger partial charge in [-0.15, -0.1) is 0 Å². The van der Waals surface area contributed by atoms with Crippen molar-refractivity contribution in [2.75, 3.05) is 19.0 Å². The molecule has 1 aromatic carbocycles. The summed E-state index contributed by atoms with van der Waals surface area (Å²) in [6, 6.07) is 6.95. The highest BCUT2D eigenvalue weighted by molar-refractivity contribution is 5.93. The van der Waals surface area contributed by atoms with Gasteiger partial charge < -0.3 is 19.3 Å². The molecule has 2 aromatic rings. The van der Waals surface area contributed by atoms with Crippen molar-refractivity contribution in [3.05, 3.63) is 35.6 Å². The molecule has 0 aliphatic heterocycles. The number of nitrogens with zero attached hydrogens (tertiary/aromatic N) is 1. The summed E-state index contributed by atoms with van der Waals surface area (Å²) in [5.41, 5.74) is 0.997. The third-order valence-electron chi connectivity index (χ3n) is 3.76. The van der Waals surface area contributed by atoms with Gasteiger partial charge in [0.1, 0.15) is 5.76 Å². The van der Waals surface area contributed by atoms with Crippen molar-refractivity contribution in [2.45, 2.75) is 39.8 Å². The van der Waals surface area contributed by atoms with E-state index in [0.717, 1.165) is 5.56 Å². The van der Waals surface area contributed by atoms with Gasteiger partial charge in [-0.2, -0.15) is 0 Å². The Kier molecular flexibility index (Phi) is 6.41. The summed E-state index contributed by atoms with van der Waals surface area (Å²) in [7, 11) is 1.61. The van der Waals surface area contributed by atoms with Gasteiger partial charge in [0.05, 0.1) is 19.8 Å². The number of rotatable bonds is 8. The van der Waals surface area contributed by atoms with Gasteiger partial charge in [0.25, 0.3) is 0 Å². The molecular weight excluding hydrogens is 322 g/mol. The minimum absolute atomic E-state index is 0.0515. The molecule has 0 fully saturated rings. The third kappa shape index (κ3) is 4.96. The number of aryl methyl sites for hydroxylation is 1. The first-order valence-electron chi connectivity index (χ1n) is 8.25. The summed E-state index contributed by atoms with van der Waals surface area (Å²) < 4.78 is 15.8. The highest BCUT2D eigenvalue weighted by Gasteiger charge is 2.18. The maximum Gasteiger partial charge on any atom is 0.242 e. The zero-order chi connectivity index (χ0) is 18.4. The summed E-state index contributed by atoms with van der Waals surface area (Å²) in [6.45, 7) is 8.05. The van der Waals surface area contributed by atoms with E-state index in [0.29, 0.717) is 29.7 Å². The molecule has 1 aromatic heterocycles. The number of carbonyl (C=O) groups is 1. The molecule has 136 valence electrons. The SMILES string of the molecule is CCOc1ccc([C@H](C)N[C@H](C)C(=O)Nc2cc(C)on2)cc1OC. The zero-order valence-corrected chi connectivity index (χ0v) is 15.3. The van der Waals surface area contributed by atoms with Gasteiger partial charge in [-0.1, -0.05) is 11.2 Å². The molecule has 0 radical (unpaired) electrons. The topological polar surface area (TPSA) is 85.6 Å². The highest BCUT2D eigenvalue weighted by atomic mass is 16.5. The molecule has 0 spiro atoms. The normalized spacial score (nSPS) is 13.2. The Morgan fingerprint density at radius 3 is 2.64 bits per heavy atom. The number of nitrogens with one attached hydrogen (secondary N) is 2. The molecule has 2 rings (SSSR count). The van der Waals surface area contributed by atoms with Gasteiger partial charge in [0, 0.05) is 12.1 Å². The second kappa shape index (κ2) is 8.53. The van der Waals surface area contributed by atoms with Crippen LogP contribution in [0.2, 0.25) is 0 Å². The van der Waals surface area contributed by atoms with Crippen molar-refractivity contribution in [1.29, 1.82) is 0 Å².